The van der Waals surface area contributed by atoms with E-state index in [2.05, 4.69) is 5.32 Å². The van der Waals surface area contributed by atoms with Crippen molar-refractivity contribution in [3.8, 4) is 5.75 Å². The van der Waals surface area contributed by atoms with E-state index in [9.17, 15) is 9.18 Å². The maximum absolute atomic E-state index is 13.7. The molecule has 21 heavy (non-hydrogen) atoms. The average Bonchev–Trinajstić information content (AvgIpc) is 2.46. The third-order valence-corrected chi connectivity index (χ3v) is 3.21. The molecule has 3 N–H and O–H groups in total. The Morgan fingerprint density at radius 2 is 2.00 bits per heavy atom. The zero-order chi connectivity index (χ0) is 15.4. The second kappa shape index (κ2) is 6.26. The molecule has 4 nitrogen and oxygen atoms in total. The Hall–Kier alpha value is -2.56. The predicted octanol–water partition coefficient (Wildman–Crippen LogP) is 2.78. The van der Waals surface area contributed by atoms with Crippen molar-refractivity contribution < 1.29 is 13.9 Å². The Labute approximate surface area is 122 Å². The molecule has 0 aliphatic heterocycles. The smallest absolute Gasteiger partial charge is 0.244 e. The molecule has 0 aliphatic rings. The Kier molecular flexibility index (Phi) is 4.42. The summed E-state index contributed by atoms with van der Waals surface area (Å²) in [6, 6.07) is 10.6. The normalized spacial score (nSPS) is 11.8. The second-order valence-electron chi connectivity index (χ2n) is 4.69. The van der Waals surface area contributed by atoms with Gasteiger partial charge in [-0.3, -0.25) is 4.79 Å². The number of carbonyl (C=O) groups excluding carboxylic acids is 1. The highest BCUT2D eigenvalue weighted by molar-refractivity contribution is 5.84. The van der Waals surface area contributed by atoms with E-state index in [1.807, 2.05) is 6.92 Å². The molecule has 0 aliphatic carbocycles. The van der Waals surface area contributed by atoms with E-state index in [1.54, 1.807) is 43.5 Å². The van der Waals surface area contributed by atoms with Crippen molar-refractivity contribution in [2.45, 2.75) is 13.0 Å². The van der Waals surface area contributed by atoms with Crippen LogP contribution in [0.2, 0.25) is 0 Å². The molecule has 0 saturated carbocycles. The van der Waals surface area contributed by atoms with Crippen LogP contribution >= 0.6 is 0 Å². The molecular formula is C16H17FN2O2. The van der Waals surface area contributed by atoms with E-state index >= 15 is 0 Å². The number of benzene rings is 2. The minimum atomic E-state index is -0.813. The van der Waals surface area contributed by atoms with Crippen LogP contribution in [0.25, 0.3) is 0 Å². The number of primary amides is 1. The molecule has 110 valence electrons. The lowest BCUT2D eigenvalue weighted by Gasteiger charge is -2.18. The number of aryl methyl sites for hydroxylation is 1. The molecule has 0 saturated heterocycles. The van der Waals surface area contributed by atoms with Crippen molar-refractivity contribution >= 4 is 11.6 Å². The molecule has 0 bridgehead atoms. The SMILES string of the molecule is COc1ccc(C(Nc2ccccc2F)C(N)=O)cc1C. The van der Waals surface area contributed by atoms with Crippen LogP contribution in [-0.4, -0.2) is 13.0 Å². The molecule has 1 amide bonds. The Bertz CT molecular complexity index is 658. The van der Waals surface area contributed by atoms with Crippen LogP contribution in [-0.2, 0) is 4.79 Å². The molecule has 0 spiro atoms. The Morgan fingerprint density at radius 3 is 2.57 bits per heavy atom. The lowest BCUT2D eigenvalue weighted by Crippen LogP contribution is -2.28. The number of methoxy groups -OCH3 is 1. The molecule has 1 atom stereocenters. The monoisotopic (exact) mass is 288 g/mol. The molecule has 2 aromatic rings. The quantitative estimate of drug-likeness (QED) is 0.889. The van der Waals surface area contributed by atoms with Crippen LogP contribution in [0.15, 0.2) is 42.5 Å². The molecule has 0 fully saturated rings. The lowest BCUT2D eigenvalue weighted by atomic mass is 10.0. The number of hydrogen-bond acceptors (Lipinski definition) is 3. The fourth-order valence-corrected chi connectivity index (χ4v) is 2.13. The number of nitrogens with two attached hydrogens (primary N) is 1. The number of hydrogen-bond donors (Lipinski definition) is 2. The van der Waals surface area contributed by atoms with Gasteiger partial charge in [-0.2, -0.15) is 0 Å². The van der Waals surface area contributed by atoms with Gasteiger partial charge in [0.25, 0.3) is 0 Å². The van der Waals surface area contributed by atoms with E-state index in [0.717, 1.165) is 5.56 Å². The first-order valence-electron chi connectivity index (χ1n) is 6.48. The fourth-order valence-electron chi connectivity index (χ4n) is 2.13. The van der Waals surface area contributed by atoms with Crippen molar-refractivity contribution in [1.82, 2.24) is 0 Å². The predicted molar refractivity (Wildman–Crippen MR) is 79.7 cm³/mol. The van der Waals surface area contributed by atoms with Gasteiger partial charge in [-0.15, -0.1) is 0 Å². The summed E-state index contributed by atoms with van der Waals surface area (Å²) in [7, 11) is 1.57. The van der Waals surface area contributed by atoms with Crippen molar-refractivity contribution in [2.24, 2.45) is 5.73 Å². The average molecular weight is 288 g/mol. The highest BCUT2D eigenvalue weighted by Crippen LogP contribution is 2.26. The first-order valence-corrected chi connectivity index (χ1v) is 6.48. The minimum absolute atomic E-state index is 0.231. The molecule has 2 aromatic carbocycles. The van der Waals surface area contributed by atoms with Gasteiger partial charge in [0.05, 0.1) is 12.8 Å². The summed E-state index contributed by atoms with van der Waals surface area (Å²) in [5.74, 6) is -0.301. The van der Waals surface area contributed by atoms with Gasteiger partial charge in [0, 0.05) is 0 Å². The molecule has 1 unspecified atom stereocenters. The number of ether oxygens (including phenoxy) is 1. The lowest BCUT2D eigenvalue weighted by molar-refractivity contribution is -0.118. The van der Waals surface area contributed by atoms with Crippen LogP contribution in [0.4, 0.5) is 10.1 Å². The second-order valence-corrected chi connectivity index (χ2v) is 4.69. The standard InChI is InChI=1S/C16H17FN2O2/c1-10-9-11(7-8-14(10)21-2)15(16(18)20)19-13-6-4-3-5-12(13)17/h3-9,15,19H,1-2H3,(H2,18,20). The van der Waals surface area contributed by atoms with E-state index in [-0.39, 0.29) is 5.69 Å². The Balaban J connectivity index is 2.34. The number of nitrogens with one attached hydrogen (secondary N) is 1. The molecule has 2 rings (SSSR count). The maximum Gasteiger partial charge on any atom is 0.244 e. The van der Waals surface area contributed by atoms with Gasteiger partial charge in [-0.25, -0.2) is 4.39 Å². The third kappa shape index (κ3) is 3.31. The number of carbonyl (C=O) groups is 1. The molecule has 5 heteroatoms. The summed E-state index contributed by atoms with van der Waals surface area (Å²) < 4.78 is 18.9. The van der Waals surface area contributed by atoms with Crippen molar-refractivity contribution in [2.75, 3.05) is 12.4 Å². The number of halogens is 1. The van der Waals surface area contributed by atoms with Gasteiger partial charge in [0.1, 0.15) is 17.6 Å². The molecule has 0 radical (unpaired) electrons. The van der Waals surface area contributed by atoms with Gasteiger partial charge in [-0.1, -0.05) is 18.2 Å². The van der Waals surface area contributed by atoms with Crippen molar-refractivity contribution in [3.63, 3.8) is 0 Å². The summed E-state index contributed by atoms with van der Waals surface area (Å²) in [6.45, 7) is 1.86. The van der Waals surface area contributed by atoms with Crippen LogP contribution in [0.5, 0.6) is 5.75 Å². The number of anilines is 1. The van der Waals surface area contributed by atoms with Crippen molar-refractivity contribution in [3.05, 3.63) is 59.4 Å². The molecule has 0 aromatic heterocycles. The van der Waals surface area contributed by atoms with Gasteiger partial charge in [-0.05, 0) is 42.3 Å². The number of para-hydroxylation sites is 1. The van der Waals surface area contributed by atoms with Crippen LogP contribution in [0.3, 0.4) is 0 Å². The Morgan fingerprint density at radius 1 is 1.29 bits per heavy atom. The highest BCUT2D eigenvalue weighted by atomic mass is 19.1. The van der Waals surface area contributed by atoms with Crippen molar-refractivity contribution in [1.29, 1.82) is 0 Å². The van der Waals surface area contributed by atoms with Crippen LogP contribution < -0.4 is 15.8 Å². The van der Waals surface area contributed by atoms with E-state index in [4.69, 9.17) is 10.5 Å². The summed E-state index contributed by atoms with van der Waals surface area (Å²) in [5, 5.41) is 2.84. The summed E-state index contributed by atoms with van der Waals surface area (Å²) in [4.78, 5) is 11.7. The van der Waals surface area contributed by atoms with E-state index < -0.39 is 17.8 Å². The van der Waals surface area contributed by atoms with Gasteiger partial charge in [0.15, 0.2) is 0 Å². The zero-order valence-corrected chi connectivity index (χ0v) is 11.9. The summed E-state index contributed by atoms with van der Waals surface area (Å²) in [6.07, 6.45) is 0. The first kappa shape index (κ1) is 14.8. The minimum Gasteiger partial charge on any atom is -0.496 e. The largest absolute Gasteiger partial charge is 0.496 e. The molecule has 0 heterocycles. The summed E-state index contributed by atoms with van der Waals surface area (Å²) in [5.41, 5.74) is 7.19. The van der Waals surface area contributed by atoms with Crippen LogP contribution in [0, 0.1) is 12.7 Å². The maximum atomic E-state index is 13.7. The van der Waals surface area contributed by atoms with Gasteiger partial charge >= 0.3 is 0 Å². The first-order chi connectivity index (χ1) is 10.0. The fraction of sp³-hybridized carbons (Fsp3) is 0.188. The van der Waals surface area contributed by atoms with E-state index in [0.29, 0.717) is 11.3 Å². The molecular weight excluding hydrogens is 271 g/mol. The zero-order valence-electron chi connectivity index (χ0n) is 11.9. The topological polar surface area (TPSA) is 64.3 Å². The number of rotatable bonds is 5. The van der Waals surface area contributed by atoms with Crippen LogP contribution in [0.1, 0.15) is 17.2 Å². The number of amides is 1. The third-order valence-electron chi connectivity index (χ3n) is 3.21. The van der Waals surface area contributed by atoms with Gasteiger partial charge < -0.3 is 15.8 Å². The van der Waals surface area contributed by atoms with E-state index in [1.165, 1.54) is 6.07 Å². The van der Waals surface area contributed by atoms with Gasteiger partial charge in [0.2, 0.25) is 5.91 Å². The summed E-state index contributed by atoms with van der Waals surface area (Å²) >= 11 is 0. The highest BCUT2D eigenvalue weighted by Gasteiger charge is 2.19.